The molecule has 1 aromatic heterocycles. The fraction of sp³-hybridized carbons (Fsp3) is 0.444. The number of halogens is 1. The van der Waals surface area contributed by atoms with Crippen molar-refractivity contribution >= 4 is 15.9 Å². The smallest absolute Gasteiger partial charge is 0.111 e. The largest absolute Gasteiger partial charge is 0.388 e. The average molecular weight is 230 g/mol. The van der Waals surface area contributed by atoms with Crippen molar-refractivity contribution in [1.82, 2.24) is 4.98 Å². The molecule has 0 bridgehead atoms. The predicted octanol–water partition coefficient (Wildman–Crippen LogP) is 2.53. The Kier molecular flexibility index (Phi) is 3.23. The number of aromatic nitrogens is 1. The molecule has 1 heterocycles. The van der Waals surface area contributed by atoms with Crippen LogP contribution in [0.15, 0.2) is 22.9 Å². The number of hydrogen-bond acceptors (Lipinski definition) is 2. The van der Waals surface area contributed by atoms with Crippen molar-refractivity contribution in [2.75, 3.05) is 0 Å². The molecular formula is C9H12BrNO. The van der Waals surface area contributed by atoms with Gasteiger partial charge in [0.05, 0.1) is 6.10 Å². The Morgan fingerprint density at radius 1 is 1.50 bits per heavy atom. The number of aliphatic hydroxyl groups is 1. The molecule has 0 aliphatic heterocycles. The molecular weight excluding hydrogens is 218 g/mol. The molecule has 1 unspecified atom stereocenters. The van der Waals surface area contributed by atoms with Gasteiger partial charge in [0, 0.05) is 11.8 Å². The Morgan fingerprint density at radius 3 is 2.67 bits per heavy atom. The van der Waals surface area contributed by atoms with Crippen LogP contribution in [0.1, 0.15) is 25.5 Å². The fourth-order valence-electron chi connectivity index (χ4n) is 0.978. The van der Waals surface area contributed by atoms with Crippen LogP contribution in [0.4, 0.5) is 0 Å². The highest BCUT2D eigenvalue weighted by molar-refractivity contribution is 9.10. The topological polar surface area (TPSA) is 33.1 Å². The van der Waals surface area contributed by atoms with Crippen molar-refractivity contribution in [3.63, 3.8) is 0 Å². The maximum absolute atomic E-state index is 9.71. The Hall–Kier alpha value is -0.410. The minimum Gasteiger partial charge on any atom is -0.388 e. The van der Waals surface area contributed by atoms with Crippen molar-refractivity contribution < 1.29 is 5.11 Å². The lowest BCUT2D eigenvalue weighted by molar-refractivity contribution is 0.126. The number of nitrogens with zero attached hydrogens (tertiary/aromatic N) is 1. The molecule has 0 spiro atoms. The second-order valence-corrected chi connectivity index (χ2v) is 3.82. The lowest BCUT2D eigenvalue weighted by atomic mass is 10.0. The Labute approximate surface area is 80.8 Å². The molecule has 66 valence electrons. The SMILES string of the molecule is CC(C)C(O)c1cccnc1Br. The molecule has 0 radical (unpaired) electrons. The first-order chi connectivity index (χ1) is 5.63. The third-order valence-corrected chi connectivity index (χ3v) is 2.40. The van der Waals surface area contributed by atoms with Crippen LogP contribution in [0, 0.1) is 5.92 Å². The summed E-state index contributed by atoms with van der Waals surface area (Å²) in [4.78, 5) is 4.04. The summed E-state index contributed by atoms with van der Waals surface area (Å²) in [5.74, 6) is 0.213. The average Bonchev–Trinajstić information content (AvgIpc) is 2.04. The minimum absolute atomic E-state index is 0.213. The first-order valence-electron chi connectivity index (χ1n) is 3.91. The predicted molar refractivity (Wildman–Crippen MR) is 51.7 cm³/mol. The summed E-state index contributed by atoms with van der Waals surface area (Å²) in [5.41, 5.74) is 0.854. The monoisotopic (exact) mass is 229 g/mol. The van der Waals surface area contributed by atoms with E-state index in [-0.39, 0.29) is 5.92 Å². The zero-order valence-corrected chi connectivity index (χ0v) is 8.75. The highest BCUT2D eigenvalue weighted by Gasteiger charge is 2.14. The molecule has 12 heavy (non-hydrogen) atoms. The Morgan fingerprint density at radius 2 is 2.17 bits per heavy atom. The van der Waals surface area contributed by atoms with Gasteiger partial charge in [-0.1, -0.05) is 19.9 Å². The summed E-state index contributed by atoms with van der Waals surface area (Å²) < 4.78 is 0.728. The van der Waals surface area contributed by atoms with E-state index in [1.165, 1.54) is 0 Å². The maximum atomic E-state index is 9.71. The summed E-state index contributed by atoms with van der Waals surface area (Å²) in [6.07, 6.45) is 1.26. The number of hydrogen-bond donors (Lipinski definition) is 1. The first kappa shape index (κ1) is 9.68. The van der Waals surface area contributed by atoms with E-state index in [9.17, 15) is 5.11 Å². The van der Waals surface area contributed by atoms with Gasteiger partial charge in [-0.2, -0.15) is 0 Å². The normalized spacial score (nSPS) is 13.4. The van der Waals surface area contributed by atoms with Gasteiger partial charge >= 0.3 is 0 Å². The third-order valence-electron chi connectivity index (χ3n) is 1.74. The van der Waals surface area contributed by atoms with E-state index in [1.807, 2.05) is 26.0 Å². The van der Waals surface area contributed by atoms with Crippen molar-refractivity contribution in [1.29, 1.82) is 0 Å². The summed E-state index contributed by atoms with van der Waals surface area (Å²) in [6.45, 7) is 3.95. The van der Waals surface area contributed by atoms with Gasteiger partial charge < -0.3 is 5.11 Å². The second kappa shape index (κ2) is 4.01. The Balaban J connectivity index is 2.94. The molecule has 1 N–H and O–H groups in total. The van der Waals surface area contributed by atoms with Crippen molar-refractivity contribution in [2.24, 2.45) is 5.92 Å². The zero-order valence-electron chi connectivity index (χ0n) is 7.16. The molecule has 0 aliphatic carbocycles. The fourth-order valence-corrected chi connectivity index (χ4v) is 1.46. The first-order valence-corrected chi connectivity index (χ1v) is 4.70. The van der Waals surface area contributed by atoms with Gasteiger partial charge in [0.15, 0.2) is 0 Å². The minimum atomic E-state index is -0.437. The molecule has 2 nitrogen and oxygen atoms in total. The van der Waals surface area contributed by atoms with E-state index >= 15 is 0 Å². The Bertz CT molecular complexity index is 262. The highest BCUT2D eigenvalue weighted by atomic mass is 79.9. The number of aliphatic hydroxyl groups excluding tert-OH is 1. The number of pyridine rings is 1. The van der Waals surface area contributed by atoms with E-state index in [0.717, 1.165) is 10.2 Å². The van der Waals surface area contributed by atoms with Gasteiger partial charge in [0.1, 0.15) is 4.60 Å². The summed E-state index contributed by atoms with van der Waals surface area (Å²) in [6, 6.07) is 3.70. The second-order valence-electron chi connectivity index (χ2n) is 3.07. The molecule has 0 aliphatic rings. The molecule has 0 fully saturated rings. The van der Waals surface area contributed by atoms with Crippen molar-refractivity contribution in [3.8, 4) is 0 Å². The van der Waals surface area contributed by atoms with Crippen LogP contribution in [0.3, 0.4) is 0 Å². The van der Waals surface area contributed by atoms with Crippen LogP contribution in [-0.4, -0.2) is 10.1 Å². The van der Waals surface area contributed by atoms with Gasteiger partial charge in [0.2, 0.25) is 0 Å². The molecule has 1 aromatic rings. The van der Waals surface area contributed by atoms with E-state index < -0.39 is 6.10 Å². The standard InChI is InChI=1S/C9H12BrNO/c1-6(2)8(12)7-4-3-5-11-9(7)10/h3-6,8,12H,1-2H3. The summed E-state index contributed by atoms with van der Waals surface area (Å²) in [5, 5.41) is 9.71. The summed E-state index contributed by atoms with van der Waals surface area (Å²) in [7, 11) is 0. The van der Waals surface area contributed by atoms with E-state index in [1.54, 1.807) is 6.20 Å². The van der Waals surface area contributed by atoms with Crippen molar-refractivity contribution in [2.45, 2.75) is 20.0 Å². The van der Waals surface area contributed by atoms with Gasteiger partial charge in [-0.3, -0.25) is 0 Å². The van der Waals surface area contributed by atoms with Crippen LogP contribution in [0.2, 0.25) is 0 Å². The lowest BCUT2D eigenvalue weighted by Crippen LogP contribution is -2.06. The molecule has 0 aromatic carbocycles. The lowest BCUT2D eigenvalue weighted by Gasteiger charge is -2.15. The number of rotatable bonds is 2. The van der Waals surface area contributed by atoms with Crippen molar-refractivity contribution in [3.05, 3.63) is 28.5 Å². The van der Waals surface area contributed by atoms with E-state index in [2.05, 4.69) is 20.9 Å². The van der Waals surface area contributed by atoms with Gasteiger partial charge in [-0.25, -0.2) is 4.98 Å². The van der Waals surface area contributed by atoms with Crippen LogP contribution in [0.25, 0.3) is 0 Å². The molecule has 3 heteroatoms. The van der Waals surface area contributed by atoms with E-state index in [0.29, 0.717) is 0 Å². The van der Waals surface area contributed by atoms with Crippen LogP contribution in [-0.2, 0) is 0 Å². The van der Waals surface area contributed by atoms with Gasteiger partial charge in [-0.05, 0) is 27.9 Å². The van der Waals surface area contributed by atoms with Crippen LogP contribution >= 0.6 is 15.9 Å². The third kappa shape index (κ3) is 2.05. The quantitative estimate of drug-likeness (QED) is 0.792. The summed E-state index contributed by atoms with van der Waals surface area (Å²) >= 11 is 3.29. The molecule has 1 atom stereocenters. The molecule has 0 saturated heterocycles. The van der Waals surface area contributed by atoms with Crippen LogP contribution in [0.5, 0.6) is 0 Å². The molecule has 1 rings (SSSR count). The maximum Gasteiger partial charge on any atom is 0.111 e. The van der Waals surface area contributed by atoms with Crippen LogP contribution < -0.4 is 0 Å². The van der Waals surface area contributed by atoms with Gasteiger partial charge in [0.25, 0.3) is 0 Å². The van der Waals surface area contributed by atoms with Gasteiger partial charge in [-0.15, -0.1) is 0 Å². The highest BCUT2D eigenvalue weighted by Crippen LogP contribution is 2.26. The molecule has 0 saturated carbocycles. The zero-order chi connectivity index (χ0) is 9.14. The van der Waals surface area contributed by atoms with E-state index in [4.69, 9.17) is 0 Å². The molecule has 0 amide bonds.